The summed E-state index contributed by atoms with van der Waals surface area (Å²) in [7, 11) is 0. The van der Waals surface area contributed by atoms with Crippen LogP contribution in [0.2, 0.25) is 0 Å². The van der Waals surface area contributed by atoms with Crippen LogP contribution in [0.25, 0.3) is 10.9 Å². The fraction of sp³-hybridized carbons (Fsp3) is 0.360. The lowest BCUT2D eigenvalue weighted by molar-refractivity contribution is 0.0757. The smallest absolute Gasteiger partial charge is 0.258 e. The average Bonchev–Trinajstić information content (AvgIpc) is 3.09. The van der Waals surface area contributed by atoms with Crippen LogP contribution in [0.3, 0.4) is 0 Å². The fourth-order valence-corrected chi connectivity index (χ4v) is 4.91. The number of hydrogen-bond donors (Lipinski definition) is 1. The van der Waals surface area contributed by atoms with E-state index in [1.165, 1.54) is 11.6 Å². The van der Waals surface area contributed by atoms with Crippen molar-refractivity contribution >= 4 is 22.5 Å². The number of likely N-dealkylation sites (tertiary alicyclic amines) is 1. The third-order valence-corrected chi connectivity index (χ3v) is 6.68. The van der Waals surface area contributed by atoms with Crippen LogP contribution in [0.4, 0.5) is 10.1 Å². The van der Waals surface area contributed by atoms with Crippen molar-refractivity contribution in [1.29, 1.82) is 0 Å². The van der Waals surface area contributed by atoms with Crippen LogP contribution in [0.5, 0.6) is 0 Å². The standard InChI is InChI=1S/C25H27FN4O/c26-19-7-4-8-20-22(19)24(27)23-21(28-20)16-30(25(23)31)14-11-17-9-12-29(13-10-17)15-18-5-2-1-3-6-18/h1-8,17H,9-16H2,(H2,27,28). The van der Waals surface area contributed by atoms with E-state index in [4.69, 9.17) is 5.73 Å². The molecular weight excluding hydrogens is 391 g/mol. The number of halogens is 1. The van der Waals surface area contributed by atoms with Gasteiger partial charge in [-0.2, -0.15) is 0 Å². The van der Waals surface area contributed by atoms with E-state index in [1.54, 1.807) is 12.1 Å². The third kappa shape index (κ3) is 3.88. The first-order chi connectivity index (χ1) is 15.1. The monoisotopic (exact) mass is 418 g/mol. The normalized spacial score (nSPS) is 17.5. The number of amides is 1. The van der Waals surface area contributed by atoms with Gasteiger partial charge in [-0.25, -0.2) is 9.37 Å². The molecule has 3 aromatic rings. The van der Waals surface area contributed by atoms with Crippen molar-refractivity contribution < 1.29 is 9.18 Å². The first-order valence-corrected chi connectivity index (χ1v) is 11.0. The number of pyridine rings is 1. The van der Waals surface area contributed by atoms with E-state index in [-0.39, 0.29) is 17.0 Å². The lowest BCUT2D eigenvalue weighted by Gasteiger charge is -2.32. The Morgan fingerprint density at radius 3 is 2.61 bits per heavy atom. The second-order valence-electron chi connectivity index (χ2n) is 8.70. The van der Waals surface area contributed by atoms with Gasteiger partial charge in [-0.3, -0.25) is 9.69 Å². The Kier molecular flexibility index (Phi) is 5.32. The minimum atomic E-state index is -0.432. The minimum absolute atomic E-state index is 0.119. The molecule has 2 aromatic carbocycles. The molecule has 0 bridgehead atoms. The topological polar surface area (TPSA) is 62.5 Å². The van der Waals surface area contributed by atoms with E-state index < -0.39 is 5.82 Å². The van der Waals surface area contributed by atoms with E-state index in [9.17, 15) is 9.18 Å². The van der Waals surface area contributed by atoms with Gasteiger partial charge in [-0.1, -0.05) is 36.4 Å². The Morgan fingerprint density at radius 1 is 1.06 bits per heavy atom. The summed E-state index contributed by atoms with van der Waals surface area (Å²) in [4.78, 5) is 21.8. The number of carbonyl (C=O) groups is 1. The van der Waals surface area contributed by atoms with Crippen LogP contribution in [-0.2, 0) is 13.1 Å². The zero-order chi connectivity index (χ0) is 21.4. The lowest BCUT2D eigenvalue weighted by atomic mass is 9.93. The van der Waals surface area contributed by atoms with Crippen molar-refractivity contribution in [3.05, 3.63) is 71.2 Å². The van der Waals surface area contributed by atoms with Crippen LogP contribution < -0.4 is 5.73 Å². The predicted molar refractivity (Wildman–Crippen MR) is 120 cm³/mol. The van der Waals surface area contributed by atoms with Gasteiger partial charge in [-0.05, 0) is 56.0 Å². The van der Waals surface area contributed by atoms with Crippen molar-refractivity contribution in [2.75, 3.05) is 25.4 Å². The van der Waals surface area contributed by atoms with Crippen LogP contribution in [0.15, 0.2) is 48.5 Å². The van der Waals surface area contributed by atoms with Gasteiger partial charge < -0.3 is 10.6 Å². The van der Waals surface area contributed by atoms with Gasteiger partial charge in [0.05, 0.1) is 34.4 Å². The minimum Gasteiger partial charge on any atom is -0.397 e. The van der Waals surface area contributed by atoms with E-state index >= 15 is 0 Å². The van der Waals surface area contributed by atoms with Crippen LogP contribution in [-0.4, -0.2) is 40.3 Å². The maximum absolute atomic E-state index is 14.3. The molecule has 160 valence electrons. The molecule has 0 saturated carbocycles. The number of nitrogens with zero attached hydrogens (tertiary/aromatic N) is 3. The molecule has 0 spiro atoms. The largest absolute Gasteiger partial charge is 0.397 e. The van der Waals surface area contributed by atoms with Crippen molar-refractivity contribution in [1.82, 2.24) is 14.8 Å². The van der Waals surface area contributed by atoms with E-state index in [0.29, 0.717) is 35.8 Å². The van der Waals surface area contributed by atoms with E-state index in [1.807, 2.05) is 4.90 Å². The number of nitrogen functional groups attached to an aromatic ring is 1. The van der Waals surface area contributed by atoms with Gasteiger partial charge in [-0.15, -0.1) is 0 Å². The van der Waals surface area contributed by atoms with Crippen molar-refractivity contribution in [3.8, 4) is 0 Å². The number of benzene rings is 2. The quantitative estimate of drug-likeness (QED) is 0.674. The molecule has 0 aliphatic carbocycles. The van der Waals surface area contributed by atoms with Crippen molar-refractivity contribution in [2.24, 2.45) is 5.92 Å². The van der Waals surface area contributed by atoms with Gasteiger partial charge in [0.15, 0.2) is 0 Å². The van der Waals surface area contributed by atoms with E-state index in [0.717, 1.165) is 38.9 Å². The molecule has 1 aromatic heterocycles. The number of fused-ring (bicyclic) bond motifs is 2. The number of carbonyl (C=O) groups excluding carboxylic acids is 1. The molecular formula is C25H27FN4O. The highest BCUT2D eigenvalue weighted by Gasteiger charge is 2.33. The maximum atomic E-state index is 14.3. The maximum Gasteiger partial charge on any atom is 0.258 e. The number of nitrogens with two attached hydrogens (primary N) is 1. The summed E-state index contributed by atoms with van der Waals surface area (Å²) in [5.74, 6) is 0.0656. The summed E-state index contributed by atoms with van der Waals surface area (Å²) in [5.41, 5.74) is 9.35. The zero-order valence-corrected chi connectivity index (χ0v) is 17.6. The molecule has 2 aliphatic rings. The number of hydrogen-bond acceptors (Lipinski definition) is 4. The molecule has 0 unspecified atom stereocenters. The Bertz CT molecular complexity index is 1110. The number of aromatic nitrogens is 1. The lowest BCUT2D eigenvalue weighted by Crippen LogP contribution is -2.35. The Labute approximate surface area is 181 Å². The molecule has 1 amide bonds. The highest BCUT2D eigenvalue weighted by molar-refractivity contribution is 6.09. The Balaban J connectivity index is 1.19. The molecule has 5 nitrogen and oxygen atoms in total. The second kappa shape index (κ2) is 8.27. The predicted octanol–water partition coefficient (Wildman–Crippen LogP) is 4.21. The number of anilines is 1. The van der Waals surface area contributed by atoms with Gasteiger partial charge in [0, 0.05) is 13.1 Å². The third-order valence-electron chi connectivity index (χ3n) is 6.68. The van der Waals surface area contributed by atoms with Crippen molar-refractivity contribution in [2.45, 2.75) is 32.4 Å². The van der Waals surface area contributed by atoms with Gasteiger partial charge in [0.2, 0.25) is 0 Å². The molecule has 0 atom stereocenters. The van der Waals surface area contributed by atoms with Crippen LogP contribution in [0.1, 0.15) is 40.9 Å². The van der Waals surface area contributed by atoms with E-state index in [2.05, 4.69) is 40.2 Å². The Morgan fingerprint density at radius 2 is 1.84 bits per heavy atom. The van der Waals surface area contributed by atoms with Crippen molar-refractivity contribution in [3.63, 3.8) is 0 Å². The molecule has 1 saturated heterocycles. The molecule has 0 radical (unpaired) electrons. The van der Waals surface area contributed by atoms with Gasteiger partial charge >= 0.3 is 0 Å². The van der Waals surface area contributed by atoms with Crippen LogP contribution in [0, 0.1) is 11.7 Å². The first-order valence-electron chi connectivity index (χ1n) is 11.0. The summed E-state index contributed by atoms with van der Waals surface area (Å²) >= 11 is 0. The van der Waals surface area contributed by atoms with Gasteiger partial charge in [0.25, 0.3) is 5.91 Å². The molecule has 2 N–H and O–H groups in total. The van der Waals surface area contributed by atoms with Gasteiger partial charge in [0.1, 0.15) is 5.82 Å². The second-order valence-corrected chi connectivity index (χ2v) is 8.70. The highest BCUT2D eigenvalue weighted by Crippen LogP contribution is 2.34. The first kappa shape index (κ1) is 19.9. The molecule has 1 fully saturated rings. The molecule has 3 heterocycles. The molecule has 6 heteroatoms. The summed E-state index contributed by atoms with van der Waals surface area (Å²) in [6, 6.07) is 15.3. The fourth-order valence-electron chi connectivity index (χ4n) is 4.91. The Hall–Kier alpha value is -2.99. The molecule has 31 heavy (non-hydrogen) atoms. The number of rotatable bonds is 5. The van der Waals surface area contributed by atoms with Crippen LogP contribution >= 0.6 is 0 Å². The summed E-state index contributed by atoms with van der Waals surface area (Å²) < 4.78 is 14.3. The summed E-state index contributed by atoms with van der Waals surface area (Å²) in [6.45, 7) is 4.33. The summed E-state index contributed by atoms with van der Waals surface area (Å²) in [6.07, 6.45) is 3.28. The highest BCUT2D eigenvalue weighted by atomic mass is 19.1. The SMILES string of the molecule is Nc1c2c(nc3cccc(F)c13)CN(CCC1CCN(Cc3ccccc3)CC1)C2=O. The summed E-state index contributed by atoms with van der Waals surface area (Å²) in [5, 5.41) is 0.252. The average molecular weight is 419 g/mol. The molecule has 5 rings (SSSR count). The number of piperidine rings is 1. The zero-order valence-electron chi connectivity index (χ0n) is 17.6. The molecule has 2 aliphatic heterocycles.